The molecule has 0 radical (unpaired) electrons. The summed E-state index contributed by atoms with van der Waals surface area (Å²) in [6.45, 7) is 4.60. The molecule has 0 aromatic carbocycles. The molecule has 0 bridgehead atoms. The van der Waals surface area contributed by atoms with Gasteiger partial charge in [-0.25, -0.2) is 0 Å². The predicted molar refractivity (Wildman–Crippen MR) is 72.0 cm³/mol. The van der Waals surface area contributed by atoms with Crippen molar-refractivity contribution in [3.8, 4) is 0 Å². The number of nitrogens with one attached hydrogen (secondary N) is 1. The van der Waals surface area contributed by atoms with Crippen molar-refractivity contribution >= 4 is 11.3 Å². The van der Waals surface area contributed by atoms with Gasteiger partial charge in [-0.2, -0.15) is 0 Å². The maximum atomic E-state index is 3.59. The second-order valence-corrected chi connectivity index (χ2v) is 6.06. The second-order valence-electron chi connectivity index (χ2n) is 5.11. The van der Waals surface area contributed by atoms with E-state index in [1.165, 1.54) is 37.7 Å². The Morgan fingerprint density at radius 3 is 2.56 bits per heavy atom. The molecule has 0 saturated heterocycles. The first-order valence-electron chi connectivity index (χ1n) is 6.45. The lowest BCUT2D eigenvalue weighted by molar-refractivity contribution is 0.197. The summed E-state index contributed by atoms with van der Waals surface area (Å²) < 4.78 is 0. The molecule has 1 heterocycles. The molecular weight excluding hydrogens is 214 g/mol. The third kappa shape index (κ3) is 1.93. The monoisotopic (exact) mass is 237 g/mol. The zero-order chi connectivity index (χ0) is 11.6. The van der Waals surface area contributed by atoms with Gasteiger partial charge in [0.15, 0.2) is 0 Å². The summed E-state index contributed by atoms with van der Waals surface area (Å²) in [6, 6.07) is 2.82. The molecule has 1 aromatic rings. The largest absolute Gasteiger partial charge is 0.312 e. The topological polar surface area (TPSA) is 12.0 Å². The van der Waals surface area contributed by atoms with E-state index in [1.54, 1.807) is 4.88 Å². The third-order valence-corrected chi connectivity index (χ3v) is 5.45. The summed E-state index contributed by atoms with van der Waals surface area (Å²) >= 11 is 1.92. The highest BCUT2D eigenvalue weighted by Gasteiger charge is 2.40. The molecule has 1 atom stereocenters. The van der Waals surface area contributed by atoms with Crippen LogP contribution >= 0.6 is 11.3 Å². The van der Waals surface area contributed by atoms with Gasteiger partial charge in [-0.3, -0.25) is 0 Å². The van der Waals surface area contributed by atoms with Crippen molar-refractivity contribution in [1.82, 2.24) is 5.32 Å². The van der Waals surface area contributed by atoms with E-state index in [4.69, 9.17) is 0 Å². The molecule has 1 aliphatic carbocycles. The molecule has 1 aromatic heterocycles. The highest BCUT2D eigenvalue weighted by molar-refractivity contribution is 7.10. The van der Waals surface area contributed by atoms with Crippen molar-refractivity contribution in [1.29, 1.82) is 0 Å². The van der Waals surface area contributed by atoms with E-state index in [0.717, 1.165) is 0 Å². The predicted octanol–water partition coefficient (Wildman–Crippen LogP) is 4.29. The summed E-state index contributed by atoms with van der Waals surface area (Å²) in [7, 11) is 2.12. The van der Waals surface area contributed by atoms with Gasteiger partial charge in [0, 0.05) is 10.9 Å². The van der Waals surface area contributed by atoms with Crippen LogP contribution in [0.25, 0.3) is 0 Å². The average Bonchev–Trinajstić information content (AvgIpc) is 2.91. The Balaban J connectivity index is 2.31. The molecule has 1 saturated carbocycles. The molecule has 2 heteroatoms. The zero-order valence-electron chi connectivity index (χ0n) is 10.7. The molecule has 1 N–H and O–H groups in total. The van der Waals surface area contributed by atoms with Crippen LogP contribution in [0.3, 0.4) is 0 Å². The van der Waals surface area contributed by atoms with Gasteiger partial charge in [-0.15, -0.1) is 11.3 Å². The van der Waals surface area contributed by atoms with Gasteiger partial charge in [0.05, 0.1) is 0 Å². The van der Waals surface area contributed by atoms with E-state index in [0.29, 0.717) is 11.5 Å². The van der Waals surface area contributed by atoms with Gasteiger partial charge in [0.1, 0.15) is 0 Å². The lowest BCUT2D eigenvalue weighted by Crippen LogP contribution is -2.34. The summed E-state index contributed by atoms with van der Waals surface area (Å²) in [6.07, 6.45) is 6.92. The molecule has 16 heavy (non-hydrogen) atoms. The van der Waals surface area contributed by atoms with Crippen LogP contribution in [0, 0.1) is 12.3 Å². The molecule has 0 aliphatic heterocycles. The van der Waals surface area contributed by atoms with Gasteiger partial charge < -0.3 is 5.32 Å². The average molecular weight is 237 g/mol. The van der Waals surface area contributed by atoms with Gasteiger partial charge in [0.2, 0.25) is 0 Å². The van der Waals surface area contributed by atoms with Gasteiger partial charge in [0.25, 0.3) is 0 Å². The SMILES string of the molecule is CCC1(C(NC)c2sccc2C)CCCC1. The third-order valence-electron chi connectivity index (χ3n) is 4.37. The number of hydrogen-bond donors (Lipinski definition) is 1. The minimum absolute atomic E-state index is 0.518. The summed E-state index contributed by atoms with van der Waals surface area (Å²) in [5, 5.41) is 5.82. The summed E-state index contributed by atoms with van der Waals surface area (Å²) in [4.78, 5) is 1.56. The van der Waals surface area contributed by atoms with E-state index < -0.39 is 0 Å². The van der Waals surface area contributed by atoms with Crippen LogP contribution in [0.2, 0.25) is 0 Å². The van der Waals surface area contributed by atoms with Crippen molar-refractivity contribution in [2.75, 3.05) is 7.05 Å². The number of thiophene rings is 1. The Bertz CT molecular complexity index is 336. The van der Waals surface area contributed by atoms with Crippen LogP contribution in [0.5, 0.6) is 0 Å². The van der Waals surface area contributed by atoms with E-state index in [1.807, 2.05) is 11.3 Å². The van der Waals surface area contributed by atoms with E-state index >= 15 is 0 Å². The molecule has 90 valence electrons. The smallest absolute Gasteiger partial charge is 0.0472 e. The fourth-order valence-corrected chi connectivity index (χ4v) is 4.50. The highest BCUT2D eigenvalue weighted by Crippen LogP contribution is 2.51. The van der Waals surface area contributed by atoms with E-state index in [2.05, 4.69) is 37.7 Å². The van der Waals surface area contributed by atoms with Crippen LogP contribution < -0.4 is 5.32 Å². The molecule has 2 rings (SSSR count). The van der Waals surface area contributed by atoms with Gasteiger partial charge in [-0.05, 0) is 55.7 Å². The van der Waals surface area contributed by atoms with Crippen LogP contribution in [0.15, 0.2) is 11.4 Å². The van der Waals surface area contributed by atoms with Crippen LogP contribution in [-0.4, -0.2) is 7.05 Å². The Kier molecular flexibility index (Phi) is 3.70. The Labute approximate surface area is 103 Å². The number of hydrogen-bond acceptors (Lipinski definition) is 2. The molecule has 0 amide bonds. The minimum atomic E-state index is 0.518. The summed E-state index contributed by atoms with van der Waals surface area (Å²) in [5.74, 6) is 0. The van der Waals surface area contributed by atoms with Crippen LogP contribution in [-0.2, 0) is 0 Å². The second kappa shape index (κ2) is 4.89. The fraction of sp³-hybridized carbons (Fsp3) is 0.714. The highest BCUT2D eigenvalue weighted by atomic mass is 32.1. The lowest BCUT2D eigenvalue weighted by atomic mass is 9.75. The van der Waals surface area contributed by atoms with Crippen molar-refractivity contribution in [3.63, 3.8) is 0 Å². The van der Waals surface area contributed by atoms with Crippen molar-refractivity contribution in [2.24, 2.45) is 5.41 Å². The maximum Gasteiger partial charge on any atom is 0.0472 e. The van der Waals surface area contributed by atoms with E-state index in [-0.39, 0.29) is 0 Å². The molecule has 1 nitrogen and oxygen atoms in total. The quantitative estimate of drug-likeness (QED) is 0.824. The Morgan fingerprint density at radius 2 is 2.12 bits per heavy atom. The summed E-state index contributed by atoms with van der Waals surface area (Å²) in [5.41, 5.74) is 1.98. The first-order valence-corrected chi connectivity index (χ1v) is 7.33. The molecule has 1 fully saturated rings. The first-order chi connectivity index (χ1) is 7.73. The normalized spacial score (nSPS) is 21.2. The van der Waals surface area contributed by atoms with Gasteiger partial charge >= 0.3 is 0 Å². The molecule has 1 aliphatic rings. The molecule has 1 unspecified atom stereocenters. The Morgan fingerprint density at radius 1 is 1.44 bits per heavy atom. The van der Waals surface area contributed by atoms with Gasteiger partial charge in [-0.1, -0.05) is 19.8 Å². The van der Waals surface area contributed by atoms with Crippen molar-refractivity contribution in [3.05, 3.63) is 21.9 Å². The Hall–Kier alpha value is -0.340. The number of aryl methyl sites for hydroxylation is 1. The van der Waals surface area contributed by atoms with E-state index in [9.17, 15) is 0 Å². The molecule has 0 spiro atoms. The fourth-order valence-electron chi connectivity index (χ4n) is 3.32. The lowest BCUT2D eigenvalue weighted by Gasteiger charge is -2.36. The van der Waals surface area contributed by atoms with Crippen molar-refractivity contribution in [2.45, 2.75) is 52.0 Å². The molecular formula is C14H23NS. The number of rotatable bonds is 4. The van der Waals surface area contributed by atoms with Crippen LogP contribution in [0.4, 0.5) is 0 Å². The standard InChI is InChI=1S/C14H23NS/c1-4-14(8-5-6-9-14)13(15-3)12-11(2)7-10-16-12/h7,10,13,15H,4-6,8-9H2,1-3H3. The maximum absolute atomic E-state index is 3.59. The minimum Gasteiger partial charge on any atom is -0.312 e. The van der Waals surface area contributed by atoms with Crippen molar-refractivity contribution < 1.29 is 0 Å². The zero-order valence-corrected chi connectivity index (χ0v) is 11.5. The van der Waals surface area contributed by atoms with Crippen LogP contribution in [0.1, 0.15) is 55.5 Å². The first kappa shape index (κ1) is 12.1.